The Balaban J connectivity index is 1.77. The lowest BCUT2D eigenvalue weighted by Crippen LogP contribution is -2.65. The van der Waals surface area contributed by atoms with E-state index in [4.69, 9.17) is 24.7 Å². The second kappa shape index (κ2) is 9.79. The van der Waals surface area contributed by atoms with E-state index in [2.05, 4.69) is 4.98 Å². The van der Waals surface area contributed by atoms with E-state index >= 15 is 0 Å². The smallest absolute Gasteiger partial charge is 0.327 e. The SMILES string of the molecule is Nc1[nH]c(=O)[nH]c(=O)c1OC1OC(CO)C(OC2OC(CO)C(O)C(O)C2O)C(O)C1O. The molecule has 1 aromatic rings. The molecule has 0 radical (unpaired) electrons. The first-order chi connectivity index (χ1) is 15.1. The standard InChI is InChI=1S/C16H25N3O13/c17-12-11(13(27)19-16(28)18-12)32-15-9(26)7(24)10(4(2-21)30-15)31-14-8(25)6(23)5(22)3(1-20)29-14/h3-10,14-15,20-26H,1-2H2,(H4,17,18,19,27,28). The zero-order valence-electron chi connectivity index (χ0n) is 16.3. The third-order valence-corrected chi connectivity index (χ3v) is 5.12. The summed E-state index contributed by atoms with van der Waals surface area (Å²) in [5.41, 5.74) is 3.56. The van der Waals surface area contributed by atoms with E-state index in [0.29, 0.717) is 0 Å². The molecule has 2 aliphatic heterocycles. The molecule has 2 saturated heterocycles. The van der Waals surface area contributed by atoms with Crippen LogP contribution in [0.25, 0.3) is 0 Å². The van der Waals surface area contributed by atoms with Gasteiger partial charge in [-0.2, -0.15) is 0 Å². The van der Waals surface area contributed by atoms with Crippen LogP contribution in [0.1, 0.15) is 0 Å². The third-order valence-electron chi connectivity index (χ3n) is 5.12. The van der Waals surface area contributed by atoms with Gasteiger partial charge in [-0.25, -0.2) is 4.79 Å². The summed E-state index contributed by atoms with van der Waals surface area (Å²) in [6, 6.07) is 0. The Morgan fingerprint density at radius 2 is 1.41 bits per heavy atom. The molecule has 32 heavy (non-hydrogen) atoms. The van der Waals surface area contributed by atoms with Gasteiger partial charge < -0.3 is 60.4 Å². The molecule has 0 aliphatic carbocycles. The highest BCUT2D eigenvalue weighted by Gasteiger charge is 2.51. The number of nitrogen functional groups attached to an aromatic ring is 1. The van der Waals surface area contributed by atoms with Gasteiger partial charge in [0.2, 0.25) is 12.0 Å². The number of rotatable bonds is 6. The van der Waals surface area contributed by atoms with E-state index in [1.54, 1.807) is 0 Å². The fourth-order valence-electron chi connectivity index (χ4n) is 3.38. The first kappa shape index (κ1) is 24.5. The maximum atomic E-state index is 11.9. The first-order valence-electron chi connectivity index (χ1n) is 9.46. The van der Waals surface area contributed by atoms with E-state index < -0.39 is 97.4 Å². The largest absolute Gasteiger partial charge is 0.452 e. The van der Waals surface area contributed by atoms with Crippen LogP contribution in [-0.2, 0) is 14.2 Å². The topological polar surface area (TPSA) is 270 Å². The predicted molar refractivity (Wildman–Crippen MR) is 99.1 cm³/mol. The third kappa shape index (κ3) is 4.64. The van der Waals surface area contributed by atoms with Crippen molar-refractivity contribution in [2.75, 3.05) is 18.9 Å². The van der Waals surface area contributed by atoms with Gasteiger partial charge in [0.15, 0.2) is 12.1 Å². The molecule has 1 aromatic heterocycles. The second-order valence-electron chi connectivity index (χ2n) is 7.27. The highest BCUT2D eigenvalue weighted by atomic mass is 16.7. The number of aromatic nitrogens is 2. The van der Waals surface area contributed by atoms with Crippen molar-refractivity contribution in [3.05, 3.63) is 20.8 Å². The minimum Gasteiger partial charge on any atom is -0.452 e. The quantitative estimate of drug-likeness (QED) is 0.186. The predicted octanol–water partition coefficient (Wildman–Crippen LogP) is -6.35. The van der Waals surface area contributed by atoms with E-state index in [0.717, 1.165) is 0 Å². The Morgan fingerprint density at radius 1 is 0.812 bits per heavy atom. The summed E-state index contributed by atoms with van der Waals surface area (Å²) in [5.74, 6) is -1.10. The lowest BCUT2D eigenvalue weighted by molar-refractivity contribution is -0.352. The number of hydrogen-bond acceptors (Lipinski definition) is 14. The Labute approximate surface area is 178 Å². The molecule has 182 valence electrons. The summed E-state index contributed by atoms with van der Waals surface area (Å²) in [7, 11) is 0. The van der Waals surface area contributed by atoms with Crippen molar-refractivity contribution in [2.24, 2.45) is 0 Å². The summed E-state index contributed by atoms with van der Waals surface area (Å²) >= 11 is 0. The number of aliphatic hydroxyl groups excluding tert-OH is 7. The van der Waals surface area contributed by atoms with Crippen LogP contribution < -0.4 is 21.7 Å². The van der Waals surface area contributed by atoms with Gasteiger partial charge in [0.25, 0.3) is 5.56 Å². The van der Waals surface area contributed by atoms with E-state index in [9.17, 15) is 45.3 Å². The van der Waals surface area contributed by atoms with Gasteiger partial charge in [0.1, 0.15) is 48.8 Å². The van der Waals surface area contributed by atoms with Crippen LogP contribution in [0, 0.1) is 0 Å². The minimum atomic E-state index is -1.89. The van der Waals surface area contributed by atoms with Crippen LogP contribution in [0.5, 0.6) is 5.75 Å². The molecule has 10 atom stereocenters. The van der Waals surface area contributed by atoms with Crippen LogP contribution in [-0.4, -0.2) is 120 Å². The number of aromatic amines is 2. The van der Waals surface area contributed by atoms with Gasteiger partial charge in [-0.1, -0.05) is 0 Å². The summed E-state index contributed by atoms with van der Waals surface area (Å²) in [4.78, 5) is 27.0. The first-order valence-corrected chi connectivity index (χ1v) is 9.46. The summed E-state index contributed by atoms with van der Waals surface area (Å²) in [6.07, 6.45) is -16.7. The monoisotopic (exact) mass is 467 g/mol. The molecule has 16 nitrogen and oxygen atoms in total. The molecular weight excluding hydrogens is 442 g/mol. The molecular formula is C16H25N3O13. The molecule has 10 unspecified atom stereocenters. The molecule has 0 saturated carbocycles. The Bertz CT molecular complexity index is 889. The summed E-state index contributed by atoms with van der Waals surface area (Å²) in [6.45, 7) is -1.53. The molecule has 16 heteroatoms. The lowest BCUT2D eigenvalue weighted by Gasteiger charge is -2.45. The molecule has 0 amide bonds. The van der Waals surface area contributed by atoms with Crippen molar-refractivity contribution < 1.29 is 54.7 Å². The number of nitrogens with two attached hydrogens (primary N) is 1. The van der Waals surface area contributed by atoms with Gasteiger partial charge in [-0.3, -0.25) is 14.8 Å². The van der Waals surface area contributed by atoms with Crippen molar-refractivity contribution in [1.29, 1.82) is 0 Å². The Kier molecular flexibility index (Phi) is 7.50. The van der Waals surface area contributed by atoms with E-state index in [1.807, 2.05) is 4.98 Å². The average molecular weight is 467 g/mol. The van der Waals surface area contributed by atoms with Crippen LogP contribution in [0.15, 0.2) is 9.59 Å². The van der Waals surface area contributed by atoms with Crippen molar-refractivity contribution >= 4 is 5.82 Å². The molecule has 11 N–H and O–H groups in total. The van der Waals surface area contributed by atoms with Gasteiger partial charge in [0, 0.05) is 0 Å². The summed E-state index contributed by atoms with van der Waals surface area (Å²) < 4.78 is 21.1. The number of ether oxygens (including phenoxy) is 4. The molecule has 3 rings (SSSR count). The lowest BCUT2D eigenvalue weighted by atomic mass is 9.97. The highest BCUT2D eigenvalue weighted by molar-refractivity contribution is 5.42. The normalized spacial score (nSPS) is 40.2. The zero-order chi connectivity index (χ0) is 23.7. The van der Waals surface area contributed by atoms with Gasteiger partial charge in [-0.05, 0) is 0 Å². The van der Waals surface area contributed by atoms with Gasteiger partial charge in [0.05, 0.1) is 13.2 Å². The molecule has 0 bridgehead atoms. The zero-order valence-corrected chi connectivity index (χ0v) is 16.3. The number of aliphatic hydroxyl groups is 7. The van der Waals surface area contributed by atoms with Gasteiger partial charge >= 0.3 is 5.69 Å². The minimum absolute atomic E-state index is 0.482. The highest BCUT2D eigenvalue weighted by Crippen LogP contribution is 2.30. The molecule has 0 spiro atoms. The van der Waals surface area contributed by atoms with Crippen LogP contribution >= 0.6 is 0 Å². The van der Waals surface area contributed by atoms with Crippen LogP contribution in [0.4, 0.5) is 5.82 Å². The molecule has 2 aliphatic rings. The second-order valence-corrected chi connectivity index (χ2v) is 7.27. The number of H-pyrrole nitrogens is 2. The maximum Gasteiger partial charge on any atom is 0.327 e. The number of anilines is 1. The van der Waals surface area contributed by atoms with Crippen molar-refractivity contribution in [2.45, 2.75) is 61.4 Å². The van der Waals surface area contributed by atoms with Crippen LogP contribution in [0.2, 0.25) is 0 Å². The van der Waals surface area contributed by atoms with Gasteiger partial charge in [-0.15, -0.1) is 0 Å². The molecule has 3 heterocycles. The van der Waals surface area contributed by atoms with E-state index in [-0.39, 0.29) is 0 Å². The fourth-order valence-corrected chi connectivity index (χ4v) is 3.38. The average Bonchev–Trinajstić information content (AvgIpc) is 2.75. The molecule has 2 fully saturated rings. The van der Waals surface area contributed by atoms with Crippen molar-refractivity contribution in [1.82, 2.24) is 9.97 Å². The number of hydrogen-bond donors (Lipinski definition) is 10. The van der Waals surface area contributed by atoms with E-state index in [1.165, 1.54) is 0 Å². The number of nitrogens with one attached hydrogen (secondary N) is 2. The van der Waals surface area contributed by atoms with Crippen LogP contribution in [0.3, 0.4) is 0 Å². The summed E-state index contributed by atoms with van der Waals surface area (Å²) in [5, 5.41) is 69.6. The Morgan fingerprint density at radius 3 is 2.00 bits per heavy atom. The Hall–Kier alpha value is -2.12. The van der Waals surface area contributed by atoms with Crippen molar-refractivity contribution in [3.8, 4) is 5.75 Å². The molecule has 0 aromatic carbocycles. The maximum absolute atomic E-state index is 11.9. The van der Waals surface area contributed by atoms with Crippen molar-refractivity contribution in [3.63, 3.8) is 0 Å². The fraction of sp³-hybridized carbons (Fsp3) is 0.750.